The fourth-order valence-corrected chi connectivity index (χ4v) is 1.46. The lowest BCUT2D eigenvalue weighted by atomic mass is 10.1. The van der Waals surface area contributed by atoms with Crippen molar-refractivity contribution in [1.82, 2.24) is 10.2 Å². The largest absolute Gasteiger partial charge is 0.481 e. The zero-order valence-electron chi connectivity index (χ0n) is 12.5. The quantitative estimate of drug-likeness (QED) is 0.706. The molecule has 6 nitrogen and oxygen atoms in total. The first-order chi connectivity index (χ1) is 8.69. The van der Waals surface area contributed by atoms with Gasteiger partial charge in [0.15, 0.2) is 0 Å². The van der Waals surface area contributed by atoms with E-state index < -0.39 is 11.6 Å². The van der Waals surface area contributed by atoms with Crippen LogP contribution in [-0.4, -0.2) is 53.8 Å². The summed E-state index contributed by atoms with van der Waals surface area (Å²) in [5, 5.41) is 11.4. The molecule has 0 heterocycles. The Kier molecular flexibility index (Phi) is 7.44. The molecule has 0 aromatic carbocycles. The van der Waals surface area contributed by atoms with E-state index in [1.54, 1.807) is 12.0 Å². The monoisotopic (exact) mass is 274 g/mol. The second-order valence-corrected chi connectivity index (χ2v) is 5.41. The zero-order valence-corrected chi connectivity index (χ0v) is 12.5. The summed E-state index contributed by atoms with van der Waals surface area (Å²) >= 11 is 0. The molecule has 0 aliphatic carbocycles. The summed E-state index contributed by atoms with van der Waals surface area (Å²) in [6, 6.07) is -0.162. The number of carbonyl (C=O) groups excluding carboxylic acids is 1. The van der Waals surface area contributed by atoms with E-state index in [-0.39, 0.29) is 18.5 Å². The number of aliphatic carboxylic acids is 1. The summed E-state index contributed by atoms with van der Waals surface area (Å²) in [6.45, 7) is 8.42. The number of carboxylic acid groups (broad SMARTS) is 1. The number of ether oxygens (including phenoxy) is 1. The van der Waals surface area contributed by atoms with Gasteiger partial charge in [0.2, 0.25) is 0 Å². The first kappa shape index (κ1) is 17.7. The average molecular weight is 274 g/mol. The Labute approximate surface area is 115 Å². The molecule has 19 heavy (non-hydrogen) atoms. The van der Waals surface area contributed by atoms with E-state index in [0.717, 1.165) is 0 Å². The molecule has 0 spiro atoms. The van der Waals surface area contributed by atoms with E-state index in [1.165, 1.54) is 0 Å². The summed E-state index contributed by atoms with van der Waals surface area (Å²) < 4.78 is 5.23. The Hall–Kier alpha value is -1.30. The maximum Gasteiger partial charge on any atom is 0.317 e. The van der Waals surface area contributed by atoms with Gasteiger partial charge in [0, 0.05) is 32.7 Å². The van der Waals surface area contributed by atoms with E-state index in [4.69, 9.17) is 9.84 Å². The van der Waals surface area contributed by atoms with Crippen LogP contribution < -0.4 is 5.32 Å². The van der Waals surface area contributed by atoms with Gasteiger partial charge in [-0.3, -0.25) is 4.79 Å². The number of nitrogens with zero attached hydrogens (tertiary/aromatic N) is 1. The van der Waals surface area contributed by atoms with Crippen LogP contribution in [0.5, 0.6) is 0 Å². The molecule has 0 aliphatic heterocycles. The first-order valence-electron chi connectivity index (χ1n) is 6.51. The van der Waals surface area contributed by atoms with Gasteiger partial charge >= 0.3 is 12.0 Å². The first-order valence-corrected chi connectivity index (χ1v) is 6.51. The number of nitrogens with one attached hydrogen (secondary N) is 1. The molecule has 0 unspecified atom stereocenters. The number of urea groups is 1. The maximum atomic E-state index is 12.0. The van der Waals surface area contributed by atoms with Crippen molar-refractivity contribution in [3.63, 3.8) is 0 Å². The molecule has 0 aliphatic rings. The fourth-order valence-electron chi connectivity index (χ4n) is 1.46. The van der Waals surface area contributed by atoms with Crippen molar-refractivity contribution in [3.05, 3.63) is 0 Å². The topological polar surface area (TPSA) is 78.9 Å². The van der Waals surface area contributed by atoms with E-state index in [9.17, 15) is 9.59 Å². The molecule has 2 N–H and O–H groups in total. The Morgan fingerprint density at radius 3 is 2.37 bits per heavy atom. The maximum absolute atomic E-state index is 12.0. The molecular weight excluding hydrogens is 248 g/mol. The lowest BCUT2D eigenvalue weighted by Gasteiger charge is -2.29. The summed E-state index contributed by atoms with van der Waals surface area (Å²) in [5.74, 6) is -0.843. The highest BCUT2D eigenvalue weighted by atomic mass is 16.5. The third-order valence-electron chi connectivity index (χ3n) is 2.89. The van der Waals surface area contributed by atoms with Crippen LogP contribution in [-0.2, 0) is 9.53 Å². The molecule has 0 saturated heterocycles. The van der Waals surface area contributed by atoms with Gasteiger partial charge in [-0.2, -0.15) is 0 Å². The van der Waals surface area contributed by atoms with Crippen LogP contribution >= 0.6 is 0 Å². The Morgan fingerprint density at radius 2 is 1.95 bits per heavy atom. The second-order valence-electron chi connectivity index (χ2n) is 5.41. The number of rotatable bonds is 8. The Balaban J connectivity index is 4.30. The van der Waals surface area contributed by atoms with Crippen LogP contribution in [0.15, 0.2) is 0 Å². The van der Waals surface area contributed by atoms with Gasteiger partial charge < -0.3 is 20.1 Å². The van der Waals surface area contributed by atoms with Gasteiger partial charge in [0.05, 0.1) is 5.60 Å². The molecule has 0 aromatic heterocycles. The van der Waals surface area contributed by atoms with Crippen LogP contribution in [0, 0.1) is 0 Å². The van der Waals surface area contributed by atoms with Crippen LogP contribution in [0.1, 0.15) is 40.5 Å². The highest BCUT2D eigenvalue weighted by Crippen LogP contribution is 2.07. The highest BCUT2D eigenvalue weighted by Gasteiger charge is 2.21. The minimum absolute atomic E-state index is 0.0273. The number of hydrogen-bond acceptors (Lipinski definition) is 3. The molecule has 6 heteroatoms. The summed E-state index contributed by atoms with van der Waals surface area (Å²) in [6.07, 6.45) is 0.522. The van der Waals surface area contributed by atoms with Crippen LogP contribution in [0.3, 0.4) is 0 Å². The van der Waals surface area contributed by atoms with E-state index >= 15 is 0 Å². The van der Waals surface area contributed by atoms with Crippen molar-refractivity contribution < 1.29 is 19.4 Å². The number of hydrogen-bond donors (Lipinski definition) is 2. The molecule has 2 amide bonds. The number of carbonyl (C=O) groups is 2. The van der Waals surface area contributed by atoms with Crippen molar-refractivity contribution in [3.8, 4) is 0 Å². The fraction of sp³-hybridized carbons (Fsp3) is 0.846. The van der Waals surface area contributed by atoms with Gasteiger partial charge in [-0.1, -0.05) is 0 Å². The van der Waals surface area contributed by atoms with Gasteiger partial charge in [0.1, 0.15) is 0 Å². The Morgan fingerprint density at radius 1 is 1.37 bits per heavy atom. The summed E-state index contributed by atoms with van der Waals surface area (Å²) in [4.78, 5) is 24.1. The van der Waals surface area contributed by atoms with E-state index in [1.807, 2.05) is 27.7 Å². The molecule has 0 rings (SSSR count). The third kappa shape index (κ3) is 7.66. The standard InChI is InChI=1S/C13H26N2O4/c1-10(2)15(8-6-7-11(16)17)12(18)14-9-13(3,4)19-5/h10H,6-9H2,1-5H3,(H,14,18)(H,16,17). The summed E-state index contributed by atoms with van der Waals surface area (Å²) in [5.41, 5.74) is -0.417. The predicted octanol–water partition coefficient (Wildman–Crippen LogP) is 1.70. The van der Waals surface area contributed by atoms with Crippen LogP contribution in [0.4, 0.5) is 4.79 Å². The van der Waals surface area contributed by atoms with Gasteiger partial charge in [-0.25, -0.2) is 4.79 Å². The lowest BCUT2D eigenvalue weighted by molar-refractivity contribution is -0.137. The smallest absolute Gasteiger partial charge is 0.317 e. The lowest BCUT2D eigenvalue weighted by Crippen LogP contribution is -2.48. The van der Waals surface area contributed by atoms with Gasteiger partial charge in [-0.15, -0.1) is 0 Å². The van der Waals surface area contributed by atoms with Gasteiger partial charge in [-0.05, 0) is 34.1 Å². The number of methoxy groups -OCH3 is 1. The molecule has 0 fully saturated rings. The average Bonchev–Trinajstić information content (AvgIpc) is 2.31. The SMILES string of the molecule is COC(C)(C)CNC(=O)N(CCCC(=O)O)C(C)C. The van der Waals surface area contributed by atoms with E-state index in [2.05, 4.69) is 5.32 Å². The highest BCUT2D eigenvalue weighted by molar-refractivity contribution is 5.74. The molecule has 0 atom stereocenters. The summed E-state index contributed by atoms with van der Waals surface area (Å²) in [7, 11) is 1.60. The molecule has 0 radical (unpaired) electrons. The molecule has 0 aromatic rings. The Bertz CT molecular complexity index is 303. The second kappa shape index (κ2) is 7.99. The van der Waals surface area contributed by atoms with Crippen LogP contribution in [0.25, 0.3) is 0 Å². The number of carboxylic acids is 1. The molecular formula is C13H26N2O4. The van der Waals surface area contributed by atoms with Gasteiger partial charge in [0.25, 0.3) is 0 Å². The van der Waals surface area contributed by atoms with Crippen molar-refractivity contribution in [2.24, 2.45) is 0 Å². The minimum Gasteiger partial charge on any atom is -0.481 e. The third-order valence-corrected chi connectivity index (χ3v) is 2.89. The predicted molar refractivity (Wildman–Crippen MR) is 73.2 cm³/mol. The van der Waals surface area contributed by atoms with Crippen molar-refractivity contribution in [1.29, 1.82) is 0 Å². The van der Waals surface area contributed by atoms with Crippen LogP contribution in [0.2, 0.25) is 0 Å². The molecule has 0 saturated carbocycles. The van der Waals surface area contributed by atoms with Crippen molar-refractivity contribution >= 4 is 12.0 Å². The number of amides is 2. The normalized spacial score (nSPS) is 11.5. The minimum atomic E-state index is -0.843. The molecule has 0 bridgehead atoms. The van der Waals surface area contributed by atoms with Crippen molar-refractivity contribution in [2.45, 2.75) is 52.2 Å². The van der Waals surface area contributed by atoms with Crippen molar-refractivity contribution in [2.75, 3.05) is 20.2 Å². The van der Waals surface area contributed by atoms with E-state index in [0.29, 0.717) is 19.5 Å². The zero-order chi connectivity index (χ0) is 15.1. The molecule has 112 valence electrons.